The van der Waals surface area contributed by atoms with Crippen molar-refractivity contribution in [3.05, 3.63) is 47.5 Å². The average molecular weight is 396 g/mol. The van der Waals surface area contributed by atoms with Crippen LogP contribution < -0.4 is 19.1 Å². The minimum absolute atomic E-state index is 0.0467. The van der Waals surface area contributed by atoms with Gasteiger partial charge in [0.05, 0.1) is 26.0 Å². The van der Waals surface area contributed by atoms with Gasteiger partial charge in [0, 0.05) is 23.3 Å². The molecule has 1 amide bonds. The number of methoxy groups -OCH3 is 2. The zero-order chi connectivity index (χ0) is 20.5. The number of fused-ring (bicyclic) bond motifs is 1. The van der Waals surface area contributed by atoms with Crippen molar-refractivity contribution in [3.8, 4) is 17.2 Å². The second-order valence-corrected chi connectivity index (χ2v) is 7.80. The van der Waals surface area contributed by atoms with Crippen LogP contribution in [0.25, 0.3) is 0 Å². The van der Waals surface area contributed by atoms with E-state index in [0.29, 0.717) is 28.5 Å². The number of hydrogen-bond donors (Lipinski definition) is 0. The maximum atomic E-state index is 13.4. The van der Waals surface area contributed by atoms with Gasteiger partial charge in [0.15, 0.2) is 11.5 Å². The number of rotatable bonds is 6. The fraction of sp³-hybridized carbons (Fsp3) is 0.435. The number of carbonyl (C=O) groups excluding carboxylic acids is 1. The highest BCUT2D eigenvalue weighted by Gasteiger charge is 2.40. The van der Waals surface area contributed by atoms with E-state index < -0.39 is 0 Å². The summed E-state index contributed by atoms with van der Waals surface area (Å²) >= 11 is 0. The SMILES string of the molecule is COc1cc(OC)c(N2C(=O)c3ccccc3C2N(C)C)cc1OC1CCCC1. The number of benzene rings is 2. The van der Waals surface area contributed by atoms with E-state index in [1.807, 2.05) is 55.4 Å². The van der Waals surface area contributed by atoms with Crippen LogP contribution >= 0.6 is 0 Å². The monoisotopic (exact) mass is 396 g/mol. The lowest BCUT2D eigenvalue weighted by Gasteiger charge is -2.32. The number of amides is 1. The van der Waals surface area contributed by atoms with Gasteiger partial charge >= 0.3 is 0 Å². The Morgan fingerprint density at radius 1 is 0.966 bits per heavy atom. The number of carbonyl (C=O) groups is 1. The Bertz CT molecular complexity index is 906. The molecule has 6 nitrogen and oxygen atoms in total. The summed E-state index contributed by atoms with van der Waals surface area (Å²) in [4.78, 5) is 17.2. The lowest BCUT2D eigenvalue weighted by atomic mass is 10.1. The number of anilines is 1. The van der Waals surface area contributed by atoms with Crippen molar-refractivity contribution >= 4 is 11.6 Å². The van der Waals surface area contributed by atoms with Crippen molar-refractivity contribution in [2.75, 3.05) is 33.2 Å². The highest BCUT2D eigenvalue weighted by molar-refractivity contribution is 6.11. The summed E-state index contributed by atoms with van der Waals surface area (Å²) in [7, 11) is 7.17. The third kappa shape index (κ3) is 3.42. The van der Waals surface area contributed by atoms with E-state index in [-0.39, 0.29) is 18.2 Å². The lowest BCUT2D eigenvalue weighted by Crippen LogP contribution is -2.36. The Balaban J connectivity index is 1.81. The molecule has 1 aliphatic heterocycles. The molecule has 1 aliphatic carbocycles. The first kappa shape index (κ1) is 19.6. The molecule has 0 saturated heterocycles. The molecule has 0 aromatic heterocycles. The second kappa shape index (κ2) is 7.95. The predicted molar refractivity (Wildman–Crippen MR) is 112 cm³/mol. The van der Waals surface area contributed by atoms with Crippen molar-refractivity contribution in [2.24, 2.45) is 0 Å². The van der Waals surface area contributed by atoms with Crippen LogP contribution in [0.15, 0.2) is 36.4 Å². The summed E-state index contributed by atoms with van der Waals surface area (Å²) in [6.45, 7) is 0. The second-order valence-electron chi connectivity index (χ2n) is 7.80. The molecule has 0 spiro atoms. The summed E-state index contributed by atoms with van der Waals surface area (Å²) in [6.07, 6.45) is 4.40. The van der Waals surface area contributed by atoms with Gasteiger partial charge in [0.1, 0.15) is 11.9 Å². The molecule has 0 radical (unpaired) electrons. The average Bonchev–Trinajstić information content (AvgIpc) is 3.34. The largest absolute Gasteiger partial charge is 0.494 e. The normalized spacial score (nSPS) is 19.0. The number of ether oxygens (including phenoxy) is 3. The molecule has 2 aromatic carbocycles. The predicted octanol–water partition coefficient (Wildman–Crippen LogP) is 4.25. The fourth-order valence-corrected chi connectivity index (χ4v) is 4.37. The Morgan fingerprint density at radius 2 is 1.66 bits per heavy atom. The van der Waals surface area contributed by atoms with Crippen LogP contribution in [0.2, 0.25) is 0 Å². The van der Waals surface area contributed by atoms with Crippen molar-refractivity contribution < 1.29 is 19.0 Å². The van der Waals surface area contributed by atoms with Crippen molar-refractivity contribution in [2.45, 2.75) is 38.0 Å². The Morgan fingerprint density at radius 3 is 2.31 bits per heavy atom. The molecule has 29 heavy (non-hydrogen) atoms. The van der Waals surface area contributed by atoms with E-state index in [1.165, 1.54) is 12.8 Å². The van der Waals surface area contributed by atoms with Gasteiger partial charge in [0.25, 0.3) is 5.91 Å². The van der Waals surface area contributed by atoms with E-state index >= 15 is 0 Å². The minimum Gasteiger partial charge on any atom is -0.494 e. The molecule has 154 valence electrons. The molecule has 6 heteroatoms. The summed E-state index contributed by atoms with van der Waals surface area (Å²) in [5, 5.41) is 0. The smallest absolute Gasteiger partial charge is 0.260 e. The third-order valence-electron chi connectivity index (χ3n) is 5.74. The van der Waals surface area contributed by atoms with Gasteiger partial charge in [-0.05, 0) is 45.8 Å². The van der Waals surface area contributed by atoms with Crippen molar-refractivity contribution in [3.63, 3.8) is 0 Å². The highest BCUT2D eigenvalue weighted by Crippen LogP contribution is 2.47. The van der Waals surface area contributed by atoms with Crippen molar-refractivity contribution in [1.29, 1.82) is 0 Å². The van der Waals surface area contributed by atoms with E-state index in [4.69, 9.17) is 14.2 Å². The van der Waals surface area contributed by atoms with Crippen LogP contribution in [0.3, 0.4) is 0 Å². The van der Waals surface area contributed by atoms with Gasteiger partial charge in [-0.1, -0.05) is 18.2 Å². The van der Waals surface area contributed by atoms with Gasteiger partial charge in [-0.25, -0.2) is 0 Å². The molecule has 1 heterocycles. The van der Waals surface area contributed by atoms with Crippen LogP contribution in [0, 0.1) is 0 Å². The molecule has 2 aliphatic rings. The molecule has 1 saturated carbocycles. The molecule has 1 fully saturated rings. The molecule has 4 rings (SSSR count). The molecular formula is C23H28N2O4. The van der Waals surface area contributed by atoms with E-state index in [0.717, 1.165) is 18.4 Å². The summed E-state index contributed by atoms with van der Waals surface area (Å²) in [5.41, 5.74) is 2.38. The van der Waals surface area contributed by atoms with Crippen LogP contribution in [-0.2, 0) is 0 Å². The van der Waals surface area contributed by atoms with Gasteiger partial charge in [0.2, 0.25) is 0 Å². The fourth-order valence-electron chi connectivity index (χ4n) is 4.37. The highest BCUT2D eigenvalue weighted by atomic mass is 16.5. The molecule has 0 N–H and O–H groups in total. The molecule has 0 bridgehead atoms. The Labute approximate surface area is 172 Å². The topological polar surface area (TPSA) is 51.2 Å². The summed E-state index contributed by atoms with van der Waals surface area (Å²) in [6, 6.07) is 11.4. The lowest BCUT2D eigenvalue weighted by molar-refractivity contribution is 0.0972. The van der Waals surface area contributed by atoms with Gasteiger partial charge < -0.3 is 14.2 Å². The van der Waals surface area contributed by atoms with Gasteiger partial charge in [-0.2, -0.15) is 0 Å². The van der Waals surface area contributed by atoms with E-state index in [1.54, 1.807) is 19.1 Å². The standard InChI is InChI=1S/C23H28N2O4/c1-24(2)22-16-11-7-8-12-17(16)23(26)25(22)18-13-21(29-15-9-5-6-10-15)20(28-4)14-19(18)27-3/h7-8,11-15,22H,5-6,9-10H2,1-4H3. The number of nitrogens with zero attached hydrogens (tertiary/aromatic N) is 2. The zero-order valence-electron chi connectivity index (χ0n) is 17.5. The van der Waals surface area contributed by atoms with Crippen molar-refractivity contribution in [1.82, 2.24) is 4.90 Å². The Kier molecular flexibility index (Phi) is 5.37. The first-order valence-corrected chi connectivity index (χ1v) is 10.1. The van der Waals surface area contributed by atoms with E-state index in [2.05, 4.69) is 0 Å². The zero-order valence-corrected chi connectivity index (χ0v) is 17.5. The molecule has 1 unspecified atom stereocenters. The van der Waals surface area contributed by atoms with Crippen LogP contribution in [0.5, 0.6) is 17.2 Å². The van der Waals surface area contributed by atoms with E-state index in [9.17, 15) is 4.79 Å². The maximum absolute atomic E-state index is 13.4. The molecule has 1 atom stereocenters. The summed E-state index contributed by atoms with van der Waals surface area (Å²) < 4.78 is 17.5. The number of hydrogen-bond acceptors (Lipinski definition) is 5. The van der Waals surface area contributed by atoms with Gasteiger partial charge in [-0.3, -0.25) is 14.6 Å². The molecule has 2 aromatic rings. The van der Waals surface area contributed by atoms with Crippen LogP contribution in [0.4, 0.5) is 5.69 Å². The van der Waals surface area contributed by atoms with Gasteiger partial charge in [-0.15, -0.1) is 0 Å². The Hall–Kier alpha value is -2.73. The quantitative estimate of drug-likeness (QED) is 0.731. The van der Waals surface area contributed by atoms with Crippen LogP contribution in [0.1, 0.15) is 47.8 Å². The first-order valence-electron chi connectivity index (χ1n) is 10.1. The third-order valence-corrected chi connectivity index (χ3v) is 5.74. The first-order chi connectivity index (χ1) is 14.0. The maximum Gasteiger partial charge on any atom is 0.260 e. The minimum atomic E-state index is -0.222. The van der Waals surface area contributed by atoms with Crippen LogP contribution in [-0.4, -0.2) is 45.2 Å². The molecular weight excluding hydrogens is 368 g/mol. The summed E-state index contributed by atoms with van der Waals surface area (Å²) in [5.74, 6) is 1.79.